The minimum absolute atomic E-state index is 0.129. The highest BCUT2D eigenvalue weighted by Crippen LogP contribution is 2.42. The third-order valence-electron chi connectivity index (χ3n) is 6.99. The second-order valence-electron chi connectivity index (χ2n) is 9.62. The molecule has 34 heavy (non-hydrogen) atoms. The maximum absolute atomic E-state index is 12.8. The van der Waals surface area contributed by atoms with E-state index in [2.05, 4.69) is 16.9 Å². The molecule has 0 aromatic carbocycles. The molecule has 184 valence electrons. The average Bonchev–Trinajstić information content (AvgIpc) is 3.45. The number of ether oxygens (including phenoxy) is 2. The number of fused-ring (bicyclic) bond motifs is 1. The summed E-state index contributed by atoms with van der Waals surface area (Å²) in [6.07, 6.45) is 5.95. The van der Waals surface area contributed by atoms with E-state index in [1.807, 2.05) is 16.8 Å². The Hall–Kier alpha value is -2.08. The summed E-state index contributed by atoms with van der Waals surface area (Å²) in [6, 6.07) is 3.98. The molecule has 1 unspecified atom stereocenters. The topological polar surface area (TPSA) is 99.4 Å². The Morgan fingerprint density at radius 3 is 2.76 bits per heavy atom. The molecule has 0 N–H and O–H groups in total. The maximum atomic E-state index is 12.8. The van der Waals surface area contributed by atoms with Crippen LogP contribution >= 0.6 is 11.5 Å². The molecule has 0 radical (unpaired) electrons. The molecule has 2 fully saturated rings. The van der Waals surface area contributed by atoms with Crippen molar-refractivity contribution < 1.29 is 17.9 Å². The first-order valence-electron chi connectivity index (χ1n) is 11.7. The molecule has 2 saturated heterocycles. The van der Waals surface area contributed by atoms with Gasteiger partial charge in [-0.2, -0.15) is 9.47 Å². The predicted octanol–water partition coefficient (Wildman–Crippen LogP) is 3.76. The van der Waals surface area contributed by atoms with Crippen LogP contribution in [0.4, 0.5) is 5.82 Å². The zero-order chi connectivity index (χ0) is 24.1. The van der Waals surface area contributed by atoms with Gasteiger partial charge in [-0.15, -0.1) is 0 Å². The highest BCUT2D eigenvalue weighted by atomic mass is 32.2. The molecule has 0 saturated carbocycles. The molecule has 3 aromatic rings. The average molecular weight is 506 g/mol. The quantitative estimate of drug-likeness (QED) is 0.517. The van der Waals surface area contributed by atoms with Crippen LogP contribution < -0.4 is 4.90 Å². The fourth-order valence-corrected chi connectivity index (χ4v) is 6.21. The summed E-state index contributed by atoms with van der Waals surface area (Å²) in [7, 11) is -3.41. The lowest BCUT2D eigenvalue weighted by Gasteiger charge is -2.35. The van der Waals surface area contributed by atoms with Crippen molar-refractivity contribution in [2.45, 2.75) is 57.1 Å². The Morgan fingerprint density at radius 1 is 1.24 bits per heavy atom. The summed E-state index contributed by atoms with van der Waals surface area (Å²) in [5, 5.41) is 4.54. The molecule has 2 atom stereocenters. The Labute approximate surface area is 204 Å². The van der Waals surface area contributed by atoms with E-state index in [1.165, 1.54) is 17.8 Å². The van der Waals surface area contributed by atoms with Gasteiger partial charge in [0.1, 0.15) is 17.0 Å². The number of anilines is 1. The zero-order valence-electron chi connectivity index (χ0n) is 20.0. The minimum Gasteiger partial charge on any atom is -0.377 e. The van der Waals surface area contributed by atoms with E-state index in [9.17, 15) is 8.42 Å². The van der Waals surface area contributed by atoms with Crippen molar-refractivity contribution in [2.24, 2.45) is 0 Å². The van der Waals surface area contributed by atoms with Crippen molar-refractivity contribution in [2.75, 3.05) is 37.5 Å². The number of sulfone groups is 1. The van der Waals surface area contributed by atoms with Crippen molar-refractivity contribution in [3.63, 3.8) is 0 Å². The first-order chi connectivity index (χ1) is 16.2. The van der Waals surface area contributed by atoms with Crippen molar-refractivity contribution in [3.05, 3.63) is 23.9 Å². The lowest BCUT2D eigenvalue weighted by molar-refractivity contribution is -0.0383. The number of nitrogens with zero attached hydrogens (tertiary/aromatic N) is 5. The van der Waals surface area contributed by atoms with E-state index in [4.69, 9.17) is 18.8 Å². The summed E-state index contributed by atoms with van der Waals surface area (Å²) >= 11 is 1.29. The second-order valence-corrected chi connectivity index (χ2v) is 13.0. The van der Waals surface area contributed by atoms with Crippen LogP contribution in [0.15, 0.2) is 18.3 Å². The van der Waals surface area contributed by atoms with Gasteiger partial charge in [0.2, 0.25) is 0 Å². The normalized spacial score (nSPS) is 22.4. The molecule has 11 heteroatoms. The van der Waals surface area contributed by atoms with E-state index in [0.29, 0.717) is 37.6 Å². The van der Waals surface area contributed by atoms with Gasteiger partial charge < -0.3 is 14.4 Å². The van der Waals surface area contributed by atoms with E-state index in [1.54, 1.807) is 20.0 Å². The van der Waals surface area contributed by atoms with Crippen molar-refractivity contribution in [1.29, 1.82) is 0 Å². The van der Waals surface area contributed by atoms with E-state index in [0.717, 1.165) is 41.0 Å². The van der Waals surface area contributed by atoms with Gasteiger partial charge in [0, 0.05) is 25.6 Å². The van der Waals surface area contributed by atoms with Crippen LogP contribution in [0.25, 0.3) is 21.6 Å². The number of hydrogen-bond donors (Lipinski definition) is 0. The first kappa shape index (κ1) is 23.7. The maximum Gasteiger partial charge on any atom is 0.156 e. The van der Waals surface area contributed by atoms with Gasteiger partial charge in [-0.05, 0) is 69.3 Å². The Morgan fingerprint density at radius 2 is 2.06 bits per heavy atom. The molecular weight excluding hydrogens is 474 g/mol. The van der Waals surface area contributed by atoms with Gasteiger partial charge in [0.15, 0.2) is 16.1 Å². The van der Waals surface area contributed by atoms with Crippen molar-refractivity contribution in [1.82, 2.24) is 19.1 Å². The summed E-state index contributed by atoms with van der Waals surface area (Å²) in [6.45, 7) is 8.21. The number of aromatic nitrogens is 4. The Balaban J connectivity index is 1.71. The molecule has 5 rings (SSSR count). The van der Waals surface area contributed by atoms with Crippen LogP contribution in [0.5, 0.6) is 0 Å². The molecule has 3 aromatic heterocycles. The molecule has 2 aliphatic heterocycles. The molecular formula is C23H31N5O4S2. The van der Waals surface area contributed by atoms with E-state index in [-0.39, 0.29) is 12.3 Å². The van der Waals surface area contributed by atoms with Crippen LogP contribution in [-0.2, 0) is 24.1 Å². The molecule has 0 bridgehead atoms. The zero-order valence-corrected chi connectivity index (χ0v) is 21.7. The lowest BCUT2D eigenvalue weighted by Crippen LogP contribution is -2.44. The van der Waals surface area contributed by atoms with Crippen LogP contribution in [0, 0.1) is 0 Å². The molecule has 2 aliphatic rings. The van der Waals surface area contributed by atoms with Crippen LogP contribution in [0.1, 0.15) is 51.8 Å². The predicted molar refractivity (Wildman–Crippen MR) is 133 cm³/mol. The molecule has 0 amide bonds. The molecule has 0 aliphatic carbocycles. The molecule has 5 heterocycles. The lowest BCUT2D eigenvalue weighted by atomic mass is 10.0. The minimum atomic E-state index is -3.41. The fourth-order valence-electron chi connectivity index (χ4n) is 4.58. The largest absolute Gasteiger partial charge is 0.377 e. The van der Waals surface area contributed by atoms with Crippen molar-refractivity contribution >= 4 is 37.4 Å². The van der Waals surface area contributed by atoms with Gasteiger partial charge in [0.05, 0.1) is 34.4 Å². The summed E-state index contributed by atoms with van der Waals surface area (Å²) in [5.41, 5.74) is 2.96. The van der Waals surface area contributed by atoms with Gasteiger partial charge >= 0.3 is 0 Å². The molecule has 0 spiro atoms. The van der Waals surface area contributed by atoms with Gasteiger partial charge in [-0.3, -0.25) is 0 Å². The molecule has 9 nitrogen and oxygen atoms in total. The monoisotopic (exact) mass is 505 g/mol. The Kier molecular flexibility index (Phi) is 6.16. The second kappa shape index (κ2) is 8.85. The smallest absolute Gasteiger partial charge is 0.156 e. The highest BCUT2D eigenvalue weighted by molar-refractivity contribution is 7.91. The van der Waals surface area contributed by atoms with Gasteiger partial charge in [0.25, 0.3) is 0 Å². The van der Waals surface area contributed by atoms with Crippen LogP contribution in [0.2, 0.25) is 0 Å². The van der Waals surface area contributed by atoms with E-state index >= 15 is 0 Å². The summed E-state index contributed by atoms with van der Waals surface area (Å²) in [5.74, 6) is 0.747. The third-order valence-corrected chi connectivity index (χ3v) is 9.93. The summed E-state index contributed by atoms with van der Waals surface area (Å²) in [4.78, 5) is 7.24. The van der Waals surface area contributed by atoms with Crippen molar-refractivity contribution in [3.8, 4) is 11.4 Å². The first-order valence-corrected chi connectivity index (χ1v) is 14.4. The SMILES string of the molecule is C[C@@H]1COCCN1c1cc(C(C)(C)S(C)(=O)=O)c2snc(-c3ccnn3C3CCCCO3)c2n1. The fraction of sp³-hybridized carbons (Fsp3) is 0.609. The number of morpholine rings is 1. The highest BCUT2D eigenvalue weighted by Gasteiger charge is 2.37. The number of pyridine rings is 1. The van der Waals surface area contributed by atoms with Crippen LogP contribution in [-0.4, -0.2) is 66.2 Å². The van der Waals surface area contributed by atoms with Crippen LogP contribution in [0.3, 0.4) is 0 Å². The van der Waals surface area contributed by atoms with E-state index < -0.39 is 14.6 Å². The summed E-state index contributed by atoms with van der Waals surface area (Å²) < 4.78 is 43.6. The third kappa shape index (κ3) is 4.02. The van der Waals surface area contributed by atoms with Gasteiger partial charge in [-0.25, -0.2) is 18.1 Å². The van der Waals surface area contributed by atoms with Gasteiger partial charge in [-0.1, -0.05) is 0 Å². The number of hydrogen-bond acceptors (Lipinski definition) is 9. The number of rotatable bonds is 5. The Bertz CT molecular complexity index is 1290. The standard InChI is InChI=1S/C23H31N5O4S2/c1-15-14-31-12-10-27(15)18-13-16(23(2,3)34(4,29)30)22-21(25-18)20(26-33-22)17-8-9-24-28(17)19-7-5-6-11-32-19/h8-9,13,15,19H,5-7,10-12,14H2,1-4H3/t15-,19?/m1/s1.